The average molecular weight is 350 g/mol. The van der Waals surface area contributed by atoms with E-state index in [0.717, 1.165) is 16.2 Å². The van der Waals surface area contributed by atoms with Gasteiger partial charge in [0.15, 0.2) is 5.16 Å². The molecular weight excluding hydrogens is 332 g/mol. The molecule has 1 N–H and O–H groups in total. The predicted molar refractivity (Wildman–Crippen MR) is 101 cm³/mol. The molecule has 0 fully saturated rings. The molecule has 0 radical (unpaired) electrons. The number of aromatic nitrogens is 2. The summed E-state index contributed by atoms with van der Waals surface area (Å²) in [5, 5.41) is 12.9. The van der Waals surface area contributed by atoms with Crippen LogP contribution in [0.15, 0.2) is 53.7 Å². The lowest BCUT2D eigenvalue weighted by Crippen LogP contribution is -2.19. The fourth-order valence-electron chi connectivity index (χ4n) is 2.48. The van der Waals surface area contributed by atoms with Crippen LogP contribution in [0, 0.1) is 11.3 Å². The molecule has 0 bridgehead atoms. The Morgan fingerprint density at radius 1 is 1.24 bits per heavy atom. The maximum atomic E-state index is 12.5. The van der Waals surface area contributed by atoms with Crippen LogP contribution in [0.2, 0.25) is 0 Å². The third-order valence-corrected chi connectivity index (χ3v) is 4.55. The number of carbonyl (C=O) groups is 1. The molecule has 6 heteroatoms. The summed E-state index contributed by atoms with van der Waals surface area (Å²) in [5.74, 6) is -0.126. The first-order valence-corrected chi connectivity index (χ1v) is 8.86. The summed E-state index contributed by atoms with van der Waals surface area (Å²) in [5.41, 5.74) is 3.07. The molecule has 0 aliphatic rings. The number of imidazole rings is 1. The molecule has 25 heavy (non-hydrogen) atoms. The summed E-state index contributed by atoms with van der Waals surface area (Å²) >= 11 is 1.64. The Labute approximate surface area is 150 Å². The van der Waals surface area contributed by atoms with E-state index in [4.69, 9.17) is 5.26 Å². The van der Waals surface area contributed by atoms with Gasteiger partial charge in [-0.15, -0.1) is 0 Å². The van der Waals surface area contributed by atoms with Crippen molar-refractivity contribution in [2.24, 2.45) is 0 Å². The third-order valence-electron chi connectivity index (χ3n) is 3.56. The Morgan fingerprint density at radius 3 is 2.64 bits per heavy atom. The smallest absolute Gasteiger partial charge is 0.244 e. The van der Waals surface area contributed by atoms with Gasteiger partial charge in [0.25, 0.3) is 0 Å². The van der Waals surface area contributed by atoms with E-state index in [1.807, 2.05) is 28.8 Å². The number of nitrogens with zero attached hydrogens (tertiary/aromatic N) is 3. The van der Waals surface area contributed by atoms with Crippen LogP contribution in [-0.4, -0.2) is 20.7 Å². The zero-order chi connectivity index (χ0) is 17.8. The fourth-order valence-corrected chi connectivity index (χ4v) is 3.34. The number of para-hydroxylation sites is 2. The second-order valence-corrected chi connectivity index (χ2v) is 7.42. The van der Waals surface area contributed by atoms with Crippen molar-refractivity contribution in [1.82, 2.24) is 9.55 Å². The Bertz CT molecular complexity index is 938. The van der Waals surface area contributed by atoms with E-state index >= 15 is 0 Å². The molecule has 1 aromatic heterocycles. The van der Waals surface area contributed by atoms with E-state index in [0.29, 0.717) is 16.5 Å². The summed E-state index contributed by atoms with van der Waals surface area (Å²) in [7, 11) is 0. The van der Waals surface area contributed by atoms with Crippen LogP contribution in [0.5, 0.6) is 0 Å². The number of fused-ring (bicyclic) bond motifs is 1. The van der Waals surface area contributed by atoms with Crippen molar-refractivity contribution in [3.63, 3.8) is 0 Å². The molecule has 126 valence electrons. The molecule has 1 heterocycles. The van der Waals surface area contributed by atoms with Gasteiger partial charge in [-0.2, -0.15) is 5.26 Å². The van der Waals surface area contributed by atoms with Crippen molar-refractivity contribution in [3.05, 3.63) is 54.1 Å². The molecule has 0 atom stereocenters. The first-order valence-electron chi connectivity index (χ1n) is 7.99. The van der Waals surface area contributed by atoms with Crippen LogP contribution in [0.4, 0.5) is 5.69 Å². The van der Waals surface area contributed by atoms with Crippen LogP contribution in [-0.2, 0) is 11.3 Å². The van der Waals surface area contributed by atoms with Gasteiger partial charge in [-0.05, 0) is 36.4 Å². The molecule has 5 nitrogen and oxygen atoms in total. The van der Waals surface area contributed by atoms with E-state index in [1.54, 1.807) is 36.0 Å². The molecule has 0 saturated heterocycles. The molecule has 0 aliphatic carbocycles. The largest absolute Gasteiger partial charge is 0.325 e. The molecule has 0 aliphatic heterocycles. The number of hydrogen-bond acceptors (Lipinski definition) is 4. The molecular formula is C19H18N4OS. The van der Waals surface area contributed by atoms with Gasteiger partial charge in [-0.3, -0.25) is 4.79 Å². The second kappa shape index (κ2) is 7.41. The first-order chi connectivity index (χ1) is 12.1. The topological polar surface area (TPSA) is 70.7 Å². The zero-order valence-electron chi connectivity index (χ0n) is 14.1. The molecule has 3 aromatic rings. The third kappa shape index (κ3) is 4.01. The van der Waals surface area contributed by atoms with Gasteiger partial charge in [-0.25, -0.2) is 4.98 Å². The number of carbonyl (C=O) groups excluding carboxylic acids is 1. The Hall–Kier alpha value is -2.78. The monoisotopic (exact) mass is 350 g/mol. The SMILES string of the molecule is CC(C)Sc1nc2ccccc2n1CC(=O)Nc1ccc(C#N)cc1. The number of nitrogens with one attached hydrogen (secondary N) is 1. The van der Waals surface area contributed by atoms with E-state index in [-0.39, 0.29) is 12.5 Å². The van der Waals surface area contributed by atoms with Crippen LogP contribution >= 0.6 is 11.8 Å². The van der Waals surface area contributed by atoms with Gasteiger partial charge < -0.3 is 9.88 Å². The van der Waals surface area contributed by atoms with Crippen molar-refractivity contribution < 1.29 is 4.79 Å². The summed E-state index contributed by atoms with van der Waals surface area (Å²) in [6, 6.07) is 16.7. The van der Waals surface area contributed by atoms with Gasteiger partial charge >= 0.3 is 0 Å². The van der Waals surface area contributed by atoms with Crippen molar-refractivity contribution in [2.75, 3.05) is 5.32 Å². The van der Waals surface area contributed by atoms with Gasteiger partial charge in [-0.1, -0.05) is 37.7 Å². The summed E-state index contributed by atoms with van der Waals surface area (Å²) in [6.45, 7) is 4.39. The molecule has 0 spiro atoms. The number of anilines is 1. The Morgan fingerprint density at radius 2 is 1.96 bits per heavy atom. The summed E-state index contributed by atoms with van der Waals surface area (Å²) < 4.78 is 1.94. The van der Waals surface area contributed by atoms with Crippen molar-refractivity contribution in [1.29, 1.82) is 5.26 Å². The zero-order valence-corrected chi connectivity index (χ0v) is 14.9. The van der Waals surface area contributed by atoms with Crippen LogP contribution in [0.25, 0.3) is 11.0 Å². The van der Waals surface area contributed by atoms with Crippen molar-refractivity contribution >= 4 is 34.4 Å². The standard InChI is InChI=1S/C19H18N4OS/c1-13(2)25-19-22-16-5-3-4-6-17(16)23(19)12-18(24)21-15-9-7-14(11-20)8-10-15/h3-10,13H,12H2,1-2H3,(H,21,24). The lowest BCUT2D eigenvalue weighted by Gasteiger charge is -2.11. The van der Waals surface area contributed by atoms with Crippen molar-refractivity contribution in [2.45, 2.75) is 30.8 Å². The Kier molecular flexibility index (Phi) is 5.05. The highest BCUT2D eigenvalue weighted by Crippen LogP contribution is 2.27. The minimum absolute atomic E-state index is 0.126. The maximum Gasteiger partial charge on any atom is 0.244 e. The molecule has 0 saturated carbocycles. The minimum atomic E-state index is -0.126. The lowest BCUT2D eigenvalue weighted by molar-refractivity contribution is -0.116. The van der Waals surface area contributed by atoms with Crippen LogP contribution in [0.1, 0.15) is 19.4 Å². The van der Waals surface area contributed by atoms with E-state index < -0.39 is 0 Å². The quantitative estimate of drug-likeness (QED) is 0.705. The average Bonchev–Trinajstić information content (AvgIpc) is 2.92. The van der Waals surface area contributed by atoms with E-state index in [1.165, 1.54) is 0 Å². The first kappa shape index (κ1) is 17.1. The lowest BCUT2D eigenvalue weighted by atomic mass is 10.2. The van der Waals surface area contributed by atoms with Crippen LogP contribution in [0.3, 0.4) is 0 Å². The van der Waals surface area contributed by atoms with E-state index in [9.17, 15) is 4.79 Å². The number of thioether (sulfide) groups is 1. The van der Waals surface area contributed by atoms with Gasteiger partial charge in [0.05, 0.1) is 22.7 Å². The normalized spacial score (nSPS) is 10.8. The highest BCUT2D eigenvalue weighted by atomic mass is 32.2. The number of benzene rings is 2. The molecule has 0 unspecified atom stereocenters. The van der Waals surface area contributed by atoms with Gasteiger partial charge in [0, 0.05) is 10.9 Å². The molecule has 3 rings (SSSR count). The number of amides is 1. The van der Waals surface area contributed by atoms with Crippen LogP contribution < -0.4 is 5.32 Å². The maximum absolute atomic E-state index is 12.5. The highest BCUT2D eigenvalue weighted by molar-refractivity contribution is 7.99. The molecule has 2 aromatic carbocycles. The second-order valence-electron chi connectivity index (χ2n) is 5.87. The summed E-state index contributed by atoms with van der Waals surface area (Å²) in [4.78, 5) is 17.1. The summed E-state index contributed by atoms with van der Waals surface area (Å²) in [6.07, 6.45) is 0. The number of nitriles is 1. The highest BCUT2D eigenvalue weighted by Gasteiger charge is 2.15. The predicted octanol–water partition coefficient (Wildman–Crippen LogP) is 4.05. The van der Waals surface area contributed by atoms with Crippen molar-refractivity contribution in [3.8, 4) is 6.07 Å². The Balaban J connectivity index is 1.83. The minimum Gasteiger partial charge on any atom is -0.325 e. The number of rotatable bonds is 5. The van der Waals surface area contributed by atoms with E-state index in [2.05, 4.69) is 30.2 Å². The van der Waals surface area contributed by atoms with Gasteiger partial charge in [0.2, 0.25) is 5.91 Å². The molecule has 1 amide bonds. The fraction of sp³-hybridized carbons (Fsp3) is 0.211. The van der Waals surface area contributed by atoms with Gasteiger partial charge in [0.1, 0.15) is 6.54 Å². The number of hydrogen-bond donors (Lipinski definition) is 1.